The number of alkyl carbamates (subject to hydrolysis) is 1. The van der Waals surface area contributed by atoms with E-state index in [2.05, 4.69) is 20.3 Å². The molecule has 2 aliphatic carbocycles. The van der Waals surface area contributed by atoms with Crippen LogP contribution in [-0.4, -0.2) is 95.0 Å². The Morgan fingerprint density at radius 1 is 1.08 bits per heavy atom. The minimum atomic E-state index is -4.92. The maximum atomic E-state index is 14.8. The Hall–Kier alpha value is -4.61. The molecule has 0 unspecified atom stereocenters. The lowest BCUT2D eigenvalue weighted by molar-refractivity contribution is -0.244. The number of sulfonamides is 1. The van der Waals surface area contributed by atoms with Crippen molar-refractivity contribution in [3.8, 4) is 11.8 Å². The summed E-state index contributed by atoms with van der Waals surface area (Å²) in [5, 5.41) is 6.56. The number of nitrogens with one attached hydrogen (secondary N) is 3. The Labute approximate surface area is 342 Å². The first-order chi connectivity index (χ1) is 27.4. The van der Waals surface area contributed by atoms with E-state index in [0.29, 0.717) is 51.3 Å². The van der Waals surface area contributed by atoms with E-state index in [1.807, 2.05) is 39.0 Å². The molecule has 3 N–H and O–H groups in total. The maximum Gasteiger partial charge on any atom is 0.427 e. The molecule has 0 spiro atoms. The molecule has 1 aromatic carbocycles. The molecule has 6 rings (SSSR count). The molecule has 324 valence electrons. The lowest BCUT2D eigenvalue weighted by Gasteiger charge is -2.34. The van der Waals surface area contributed by atoms with E-state index >= 15 is 0 Å². The first-order valence-electron chi connectivity index (χ1n) is 20.1. The zero-order valence-corrected chi connectivity index (χ0v) is 35.2. The number of amides is 4. The molecule has 2 aliphatic heterocycles. The molecule has 3 heterocycles. The summed E-state index contributed by atoms with van der Waals surface area (Å²) >= 11 is 0. The first-order valence-corrected chi connectivity index (χ1v) is 21.6. The van der Waals surface area contributed by atoms with Crippen molar-refractivity contribution in [2.24, 2.45) is 17.8 Å². The lowest BCUT2D eigenvalue weighted by Crippen LogP contribution is -2.59. The highest BCUT2D eigenvalue weighted by Crippen LogP contribution is 2.48. The number of aromatic nitrogens is 1. The van der Waals surface area contributed by atoms with Gasteiger partial charge in [0.05, 0.1) is 17.4 Å². The molecule has 18 heteroatoms. The number of benzene rings is 1. The van der Waals surface area contributed by atoms with E-state index in [4.69, 9.17) is 14.2 Å². The number of hydrogen-bond acceptors (Lipinski definition) is 10. The molecule has 0 bridgehead atoms. The Morgan fingerprint density at radius 3 is 2.44 bits per heavy atom. The van der Waals surface area contributed by atoms with Crippen LogP contribution in [0, 0.1) is 17.8 Å². The predicted octanol–water partition coefficient (Wildman–Crippen LogP) is 5.69. The van der Waals surface area contributed by atoms with Crippen LogP contribution in [0.25, 0.3) is 10.8 Å². The van der Waals surface area contributed by atoms with Crippen LogP contribution in [0.1, 0.15) is 93.4 Å². The fourth-order valence-corrected chi connectivity index (χ4v) is 9.05. The third-order valence-electron chi connectivity index (χ3n) is 11.9. The van der Waals surface area contributed by atoms with Gasteiger partial charge in [-0.3, -0.25) is 19.1 Å². The quantitative estimate of drug-likeness (QED) is 0.265. The van der Waals surface area contributed by atoms with Crippen LogP contribution in [0.5, 0.6) is 11.8 Å². The lowest BCUT2D eigenvalue weighted by atomic mass is 9.88. The summed E-state index contributed by atoms with van der Waals surface area (Å²) in [7, 11) is -4.08. The SMILES string of the molecule is CC(C)Oc1cc2ccccc2c(O[C@@H]2C[C@H]3C(=O)N[C@]4(C(=O)NS(=O)(=O)C5(C)CC5)C[C@H]4/C=C\CC[C@@H](C)C[C@@H](C)[C@H](NC(=O)OC(C)(C)C(F)(F)F)C(=O)N3C2)n1. The second kappa shape index (κ2) is 16.1. The third-order valence-corrected chi connectivity index (χ3v) is 14.0. The summed E-state index contributed by atoms with van der Waals surface area (Å²) in [4.78, 5) is 62.3. The molecule has 0 radical (unpaired) electrons. The average molecular weight is 850 g/mol. The summed E-state index contributed by atoms with van der Waals surface area (Å²) < 4.78 is 86.0. The molecular formula is C41H54F3N5O9S. The smallest absolute Gasteiger partial charge is 0.427 e. The van der Waals surface area contributed by atoms with Crippen molar-refractivity contribution in [3.05, 3.63) is 42.5 Å². The normalized spacial score (nSPS) is 29.2. The summed E-state index contributed by atoms with van der Waals surface area (Å²) in [5.74, 6) is -3.25. The molecule has 2 saturated carbocycles. The molecule has 3 fully saturated rings. The summed E-state index contributed by atoms with van der Waals surface area (Å²) in [6.45, 7) is 10.0. The van der Waals surface area contributed by atoms with E-state index in [9.17, 15) is 40.8 Å². The van der Waals surface area contributed by atoms with Crippen molar-refractivity contribution in [1.29, 1.82) is 0 Å². The van der Waals surface area contributed by atoms with Gasteiger partial charge in [-0.15, -0.1) is 0 Å². The van der Waals surface area contributed by atoms with Crippen molar-refractivity contribution in [3.63, 3.8) is 0 Å². The van der Waals surface area contributed by atoms with Gasteiger partial charge in [0.1, 0.15) is 23.7 Å². The van der Waals surface area contributed by atoms with E-state index in [1.165, 1.54) is 11.8 Å². The molecule has 2 aromatic rings. The fourth-order valence-electron chi connectivity index (χ4n) is 7.74. The maximum absolute atomic E-state index is 14.8. The average Bonchev–Trinajstić information content (AvgIpc) is 4.01. The second-order valence-corrected chi connectivity index (χ2v) is 19.8. The van der Waals surface area contributed by atoms with Crippen LogP contribution >= 0.6 is 0 Å². The van der Waals surface area contributed by atoms with Gasteiger partial charge in [0.25, 0.3) is 5.91 Å². The van der Waals surface area contributed by atoms with Gasteiger partial charge in [0, 0.05) is 23.8 Å². The monoisotopic (exact) mass is 849 g/mol. The Kier molecular flexibility index (Phi) is 12.0. The Bertz CT molecular complexity index is 2110. The Balaban J connectivity index is 1.37. The fraction of sp³-hybridized carbons (Fsp3) is 0.634. The summed E-state index contributed by atoms with van der Waals surface area (Å²) in [6.07, 6.45) is -1.60. The van der Waals surface area contributed by atoms with Crippen LogP contribution in [0.4, 0.5) is 18.0 Å². The second-order valence-electron chi connectivity index (χ2n) is 17.6. The van der Waals surface area contributed by atoms with Gasteiger partial charge in [0.2, 0.25) is 39.2 Å². The summed E-state index contributed by atoms with van der Waals surface area (Å²) in [6, 6.07) is 6.24. The molecule has 1 aromatic heterocycles. The zero-order chi connectivity index (χ0) is 43.3. The molecule has 7 atom stereocenters. The van der Waals surface area contributed by atoms with Crippen LogP contribution < -0.4 is 24.8 Å². The zero-order valence-electron chi connectivity index (χ0n) is 34.4. The van der Waals surface area contributed by atoms with E-state index in [0.717, 1.165) is 5.39 Å². The van der Waals surface area contributed by atoms with E-state index in [-0.39, 0.29) is 43.2 Å². The minimum Gasteiger partial charge on any atom is -0.475 e. The van der Waals surface area contributed by atoms with Gasteiger partial charge in [-0.2, -0.15) is 18.2 Å². The number of halogens is 3. The largest absolute Gasteiger partial charge is 0.475 e. The minimum absolute atomic E-state index is 0.0406. The highest BCUT2D eigenvalue weighted by molar-refractivity contribution is 7.91. The Morgan fingerprint density at radius 2 is 1.78 bits per heavy atom. The number of carbonyl (C=O) groups excluding carboxylic acids is 4. The molecule has 4 aliphatic rings. The number of allylic oxidation sites excluding steroid dienone is 1. The summed E-state index contributed by atoms with van der Waals surface area (Å²) in [5.41, 5.74) is -4.54. The number of hydrogen-bond donors (Lipinski definition) is 3. The van der Waals surface area contributed by atoms with Crippen molar-refractivity contribution < 1.29 is 55.0 Å². The van der Waals surface area contributed by atoms with E-state index in [1.54, 1.807) is 31.2 Å². The number of alkyl halides is 3. The van der Waals surface area contributed by atoms with Crippen molar-refractivity contribution in [2.45, 2.75) is 140 Å². The van der Waals surface area contributed by atoms with Gasteiger partial charge in [0.15, 0.2) is 0 Å². The number of pyridine rings is 1. The standard InChI is InChI=1S/C41H54F3N5O9S/c1-23(2)56-31-19-26-13-9-11-15-29(26)34(45-31)57-28-20-30-33(50)47-40(36(52)48-59(54,55)39(7)16-17-39)21-27(40)14-10-8-12-24(3)18-25(4)32(35(51)49(30)22-28)46-37(53)58-38(5,6)41(42,43)44/h9-11,13-15,19,23-25,27-28,30,32H,8,12,16-18,20-22H2,1-7H3,(H,46,53)(H,47,50)(H,48,52)/b14-10-/t24-,25-,27-,28-,30+,32+,40-/m1/s1. The molecule has 59 heavy (non-hydrogen) atoms. The number of rotatable bonds is 9. The molecule has 14 nitrogen and oxygen atoms in total. The topological polar surface area (TPSA) is 182 Å². The van der Waals surface area contributed by atoms with Crippen molar-refractivity contribution in [1.82, 2.24) is 25.2 Å². The molecular weight excluding hydrogens is 796 g/mol. The van der Waals surface area contributed by atoms with Crippen molar-refractivity contribution in [2.75, 3.05) is 6.54 Å². The highest BCUT2D eigenvalue weighted by atomic mass is 32.2. The highest BCUT2D eigenvalue weighted by Gasteiger charge is 2.63. The predicted molar refractivity (Wildman–Crippen MR) is 211 cm³/mol. The van der Waals surface area contributed by atoms with E-state index < -0.39 is 85.9 Å². The number of fused-ring (bicyclic) bond motifs is 3. The van der Waals surface area contributed by atoms with Crippen LogP contribution in [0.3, 0.4) is 0 Å². The number of nitrogens with zero attached hydrogens (tertiary/aromatic N) is 2. The van der Waals surface area contributed by atoms with Gasteiger partial charge in [-0.1, -0.05) is 44.2 Å². The third kappa shape index (κ3) is 9.41. The molecule has 4 amide bonds. The van der Waals surface area contributed by atoms with Gasteiger partial charge in [-0.05, 0) is 96.4 Å². The molecule has 1 saturated heterocycles. The van der Waals surface area contributed by atoms with Crippen molar-refractivity contribution >= 4 is 44.6 Å². The van der Waals surface area contributed by atoms with Gasteiger partial charge >= 0.3 is 12.3 Å². The first kappa shape index (κ1) is 44.0. The van der Waals surface area contributed by atoms with Gasteiger partial charge < -0.3 is 29.7 Å². The van der Waals surface area contributed by atoms with Crippen LogP contribution in [0.15, 0.2) is 42.5 Å². The van der Waals surface area contributed by atoms with Crippen LogP contribution in [0.2, 0.25) is 0 Å². The van der Waals surface area contributed by atoms with Gasteiger partial charge in [-0.25, -0.2) is 13.2 Å². The number of ether oxygens (including phenoxy) is 3. The van der Waals surface area contributed by atoms with Crippen LogP contribution in [-0.2, 0) is 29.1 Å². The number of carbonyl (C=O) groups is 4.